The number of hydrogen-bond acceptors (Lipinski definition) is 3. The number of aryl methyl sites for hydroxylation is 2. The molecule has 0 heterocycles. The molecule has 156 valence electrons. The van der Waals surface area contributed by atoms with Crippen molar-refractivity contribution in [2.45, 2.75) is 38.0 Å². The molecule has 1 amide bonds. The summed E-state index contributed by atoms with van der Waals surface area (Å²) < 4.78 is 28.7. The van der Waals surface area contributed by atoms with E-state index in [1.807, 2.05) is 19.1 Å². The first-order chi connectivity index (χ1) is 14.3. The van der Waals surface area contributed by atoms with Gasteiger partial charge in [-0.25, -0.2) is 8.42 Å². The topological polar surface area (TPSA) is 54.5 Å². The molecule has 0 aliphatic carbocycles. The molecule has 0 fully saturated rings. The van der Waals surface area contributed by atoms with Gasteiger partial charge in [-0.3, -0.25) is 4.79 Å². The zero-order chi connectivity index (χ0) is 21.7. The predicted octanol–water partition coefficient (Wildman–Crippen LogP) is 6.14. The smallest absolute Gasteiger partial charge is 0.268 e. The zero-order valence-corrected chi connectivity index (χ0v) is 19.4. The Hall–Kier alpha value is -2.44. The summed E-state index contributed by atoms with van der Waals surface area (Å²) in [5.74, 6) is -0.593. The Morgan fingerprint density at radius 1 is 0.900 bits per heavy atom. The van der Waals surface area contributed by atoms with Gasteiger partial charge in [0.2, 0.25) is 0 Å². The largest absolute Gasteiger partial charge is 0.272 e. The monoisotopic (exact) mass is 485 g/mol. The molecule has 4 nitrogen and oxygen atoms in total. The molecule has 0 aliphatic rings. The molecule has 0 bridgehead atoms. The lowest BCUT2D eigenvalue weighted by Crippen LogP contribution is -2.37. The molecule has 0 aliphatic heterocycles. The fraction of sp³-hybridized carbons (Fsp3) is 0.208. The Morgan fingerprint density at radius 2 is 1.50 bits per heavy atom. The molecule has 0 spiro atoms. The molecule has 0 saturated heterocycles. The van der Waals surface area contributed by atoms with Crippen LogP contribution >= 0.6 is 15.9 Å². The number of carbonyl (C=O) groups is 1. The summed E-state index contributed by atoms with van der Waals surface area (Å²) >= 11 is 3.34. The molecule has 3 rings (SSSR count). The maximum Gasteiger partial charge on any atom is 0.272 e. The van der Waals surface area contributed by atoms with Crippen molar-refractivity contribution in [3.05, 3.63) is 94.0 Å². The molecule has 0 aromatic heterocycles. The summed E-state index contributed by atoms with van der Waals surface area (Å²) in [6, 6.07) is 20.3. The summed E-state index contributed by atoms with van der Waals surface area (Å²) in [4.78, 5) is 13.4. The van der Waals surface area contributed by atoms with Crippen LogP contribution in [0.3, 0.4) is 0 Å². The fourth-order valence-electron chi connectivity index (χ4n) is 3.07. The molecular weight excluding hydrogens is 462 g/mol. The Bertz CT molecular complexity index is 1110. The Kier molecular flexibility index (Phi) is 7.10. The van der Waals surface area contributed by atoms with Gasteiger partial charge in [-0.05, 0) is 73.9 Å². The van der Waals surface area contributed by atoms with Gasteiger partial charge < -0.3 is 0 Å². The van der Waals surface area contributed by atoms with E-state index in [0.29, 0.717) is 11.3 Å². The van der Waals surface area contributed by atoms with Crippen molar-refractivity contribution >= 4 is 37.5 Å². The highest BCUT2D eigenvalue weighted by molar-refractivity contribution is 9.10. The molecule has 0 unspecified atom stereocenters. The lowest BCUT2D eigenvalue weighted by atomic mass is 10.1. The number of benzene rings is 3. The van der Waals surface area contributed by atoms with E-state index >= 15 is 0 Å². The van der Waals surface area contributed by atoms with E-state index in [2.05, 4.69) is 22.9 Å². The maximum absolute atomic E-state index is 13.5. The fourth-order valence-corrected chi connectivity index (χ4v) is 4.75. The minimum atomic E-state index is -4.09. The van der Waals surface area contributed by atoms with Crippen LogP contribution in [0, 0.1) is 6.92 Å². The van der Waals surface area contributed by atoms with Gasteiger partial charge in [-0.2, -0.15) is 4.31 Å². The third kappa shape index (κ3) is 4.99. The number of amides is 1. The molecule has 0 N–H and O–H groups in total. The van der Waals surface area contributed by atoms with Gasteiger partial charge in [-0.15, -0.1) is 0 Å². The summed E-state index contributed by atoms with van der Waals surface area (Å²) in [5.41, 5.74) is 2.68. The van der Waals surface area contributed by atoms with Gasteiger partial charge >= 0.3 is 0 Å². The first-order valence-corrected chi connectivity index (χ1v) is 12.1. The van der Waals surface area contributed by atoms with Crippen LogP contribution in [0.5, 0.6) is 0 Å². The second-order valence-electron chi connectivity index (χ2n) is 7.16. The highest BCUT2D eigenvalue weighted by atomic mass is 79.9. The normalized spacial score (nSPS) is 11.3. The highest BCUT2D eigenvalue weighted by Crippen LogP contribution is 2.27. The Balaban J connectivity index is 2.07. The van der Waals surface area contributed by atoms with Gasteiger partial charge in [0.25, 0.3) is 15.9 Å². The van der Waals surface area contributed by atoms with E-state index in [9.17, 15) is 13.2 Å². The first kappa shape index (κ1) is 22.2. The third-order valence-electron chi connectivity index (χ3n) is 4.82. The van der Waals surface area contributed by atoms with Gasteiger partial charge in [0.1, 0.15) is 0 Å². The van der Waals surface area contributed by atoms with E-state index in [1.165, 1.54) is 12.1 Å². The Labute approximate surface area is 186 Å². The molecule has 6 heteroatoms. The van der Waals surface area contributed by atoms with Crippen molar-refractivity contribution in [3.63, 3.8) is 0 Å². The predicted molar refractivity (Wildman–Crippen MR) is 124 cm³/mol. The van der Waals surface area contributed by atoms with Crippen LogP contribution < -0.4 is 4.31 Å². The van der Waals surface area contributed by atoms with Gasteiger partial charge in [-0.1, -0.05) is 59.1 Å². The van der Waals surface area contributed by atoms with Gasteiger partial charge in [0.15, 0.2) is 0 Å². The number of nitrogens with zero attached hydrogens (tertiary/aromatic N) is 1. The molecule has 0 atom stereocenters. The number of carbonyl (C=O) groups excluding carboxylic acids is 1. The van der Waals surface area contributed by atoms with Crippen molar-refractivity contribution in [2.75, 3.05) is 4.31 Å². The lowest BCUT2D eigenvalue weighted by molar-refractivity contribution is 0.101. The summed E-state index contributed by atoms with van der Waals surface area (Å²) in [5, 5.41) is 0. The number of rotatable bonds is 7. The van der Waals surface area contributed by atoms with Gasteiger partial charge in [0, 0.05) is 10.0 Å². The minimum absolute atomic E-state index is 0.0774. The molecule has 3 aromatic rings. The number of unbranched alkanes of at least 4 members (excludes halogenated alkanes) is 1. The van der Waals surface area contributed by atoms with E-state index in [0.717, 1.165) is 39.2 Å². The molecule has 3 aromatic carbocycles. The first-order valence-electron chi connectivity index (χ1n) is 9.84. The number of anilines is 1. The summed E-state index contributed by atoms with van der Waals surface area (Å²) in [7, 11) is -4.09. The van der Waals surface area contributed by atoms with Crippen LogP contribution in [-0.2, 0) is 16.4 Å². The number of hydrogen-bond donors (Lipinski definition) is 0. The number of halogens is 1. The Morgan fingerprint density at radius 3 is 2.07 bits per heavy atom. The van der Waals surface area contributed by atoms with Crippen LogP contribution in [0.15, 0.2) is 82.2 Å². The van der Waals surface area contributed by atoms with Crippen molar-refractivity contribution < 1.29 is 13.2 Å². The maximum atomic E-state index is 13.5. The van der Waals surface area contributed by atoms with Crippen molar-refractivity contribution in [1.82, 2.24) is 0 Å². The van der Waals surface area contributed by atoms with E-state index in [-0.39, 0.29) is 4.90 Å². The minimum Gasteiger partial charge on any atom is -0.268 e. The summed E-state index contributed by atoms with van der Waals surface area (Å²) in [6.07, 6.45) is 3.06. The van der Waals surface area contributed by atoms with Crippen molar-refractivity contribution in [2.24, 2.45) is 0 Å². The van der Waals surface area contributed by atoms with Crippen LogP contribution in [0.25, 0.3) is 0 Å². The van der Waals surface area contributed by atoms with Crippen molar-refractivity contribution in [1.29, 1.82) is 0 Å². The van der Waals surface area contributed by atoms with E-state index in [4.69, 9.17) is 0 Å². The third-order valence-corrected chi connectivity index (χ3v) is 7.08. The quantitative estimate of drug-likeness (QED) is 0.403. The SMILES string of the molecule is CCCCc1ccc(N(C(=O)c2ccc(Br)cc2)S(=O)(=O)c2ccc(C)cc2)cc1. The molecule has 30 heavy (non-hydrogen) atoms. The lowest BCUT2D eigenvalue weighted by Gasteiger charge is -2.23. The average Bonchev–Trinajstić information content (AvgIpc) is 2.74. The standard InChI is InChI=1S/C24H24BrNO3S/c1-3-4-5-19-8-14-22(15-9-19)26(24(27)20-10-12-21(25)13-11-20)30(28,29)23-16-6-18(2)7-17-23/h6-17H,3-5H2,1-2H3. The molecule has 0 radical (unpaired) electrons. The van der Waals surface area contributed by atoms with Crippen LogP contribution in [0.4, 0.5) is 5.69 Å². The summed E-state index contributed by atoms with van der Waals surface area (Å²) in [6.45, 7) is 4.01. The highest BCUT2D eigenvalue weighted by Gasteiger charge is 2.31. The number of sulfonamides is 1. The zero-order valence-electron chi connectivity index (χ0n) is 17.0. The van der Waals surface area contributed by atoms with E-state index in [1.54, 1.807) is 48.5 Å². The van der Waals surface area contributed by atoms with Crippen LogP contribution in [0.1, 0.15) is 41.3 Å². The average molecular weight is 486 g/mol. The van der Waals surface area contributed by atoms with Crippen LogP contribution in [0.2, 0.25) is 0 Å². The van der Waals surface area contributed by atoms with Crippen molar-refractivity contribution in [3.8, 4) is 0 Å². The second kappa shape index (κ2) is 9.58. The van der Waals surface area contributed by atoms with Gasteiger partial charge in [0.05, 0.1) is 10.6 Å². The molecular formula is C24H24BrNO3S. The second-order valence-corrected chi connectivity index (χ2v) is 9.87. The van der Waals surface area contributed by atoms with E-state index < -0.39 is 15.9 Å². The van der Waals surface area contributed by atoms with Crippen LogP contribution in [-0.4, -0.2) is 14.3 Å². The molecule has 0 saturated carbocycles.